The van der Waals surface area contributed by atoms with Gasteiger partial charge in [-0.15, -0.1) is 0 Å². The first-order valence-corrected chi connectivity index (χ1v) is 13.2. The Morgan fingerprint density at radius 2 is 1.67 bits per heavy atom. The van der Waals surface area contributed by atoms with Crippen LogP contribution in [0, 0.1) is 39.9 Å². The highest BCUT2D eigenvalue weighted by atomic mass is 19.4. The van der Waals surface area contributed by atoms with Crippen molar-refractivity contribution >= 4 is 0 Å². The standard InChI is InChI=1S/C28H45F3O2/c1-18(9-14-27(6,33)28(29,30)31)20-7-8-21-25(20,4)13-11-22-24(3)16-15-23(2,32)17-19(24)10-12-26(21,22)5/h10,18,20-22,32-33H,7-9,11-17H2,1-6H3/t18-,20-,21-,22-,23+,24+,25-,26+,27+/m1/s1. The number of aliphatic hydroxyl groups is 2. The first-order valence-electron chi connectivity index (χ1n) is 13.2. The third-order valence-electron chi connectivity index (χ3n) is 11.4. The normalized spacial score (nSPS) is 48.2. The summed E-state index contributed by atoms with van der Waals surface area (Å²) in [7, 11) is 0. The molecule has 0 aromatic carbocycles. The first kappa shape index (κ1) is 25.5. The molecule has 0 amide bonds. The van der Waals surface area contributed by atoms with E-state index in [4.69, 9.17) is 0 Å². The lowest BCUT2D eigenvalue weighted by Crippen LogP contribution is -2.57. The second-order valence-electron chi connectivity index (χ2n) is 13.7. The first-order chi connectivity index (χ1) is 15.0. The van der Waals surface area contributed by atoms with Gasteiger partial charge in [0.1, 0.15) is 0 Å². The Kier molecular flexibility index (Phi) is 5.98. The summed E-state index contributed by atoms with van der Waals surface area (Å²) in [5.74, 6) is 1.77. The maximum absolute atomic E-state index is 13.2. The lowest BCUT2D eigenvalue weighted by Gasteiger charge is -2.64. The van der Waals surface area contributed by atoms with Crippen LogP contribution in [0.5, 0.6) is 0 Å². The largest absolute Gasteiger partial charge is 0.416 e. The molecule has 0 aromatic rings. The Morgan fingerprint density at radius 3 is 2.30 bits per heavy atom. The van der Waals surface area contributed by atoms with Gasteiger partial charge in [-0.1, -0.05) is 39.3 Å². The smallest absolute Gasteiger partial charge is 0.390 e. The van der Waals surface area contributed by atoms with Gasteiger partial charge in [-0.3, -0.25) is 0 Å². The molecular formula is C28H45F3O2. The van der Waals surface area contributed by atoms with Gasteiger partial charge in [0.25, 0.3) is 0 Å². The van der Waals surface area contributed by atoms with Crippen LogP contribution in [0.4, 0.5) is 13.2 Å². The summed E-state index contributed by atoms with van der Waals surface area (Å²) >= 11 is 0. The van der Waals surface area contributed by atoms with Crippen molar-refractivity contribution in [3.63, 3.8) is 0 Å². The molecule has 33 heavy (non-hydrogen) atoms. The minimum absolute atomic E-state index is 0.149. The minimum atomic E-state index is -4.58. The Bertz CT molecular complexity index is 799. The number of fused-ring (bicyclic) bond motifs is 5. The van der Waals surface area contributed by atoms with Gasteiger partial charge in [0, 0.05) is 0 Å². The molecule has 0 unspecified atom stereocenters. The van der Waals surface area contributed by atoms with E-state index in [0.717, 1.165) is 51.9 Å². The van der Waals surface area contributed by atoms with E-state index in [9.17, 15) is 23.4 Å². The van der Waals surface area contributed by atoms with Crippen molar-refractivity contribution in [2.45, 2.75) is 123 Å². The van der Waals surface area contributed by atoms with Crippen LogP contribution in [-0.4, -0.2) is 27.6 Å². The maximum atomic E-state index is 13.2. The van der Waals surface area contributed by atoms with Gasteiger partial charge >= 0.3 is 6.18 Å². The van der Waals surface area contributed by atoms with E-state index in [1.807, 2.05) is 6.92 Å². The van der Waals surface area contributed by atoms with Crippen molar-refractivity contribution in [3.05, 3.63) is 11.6 Å². The van der Waals surface area contributed by atoms with Crippen molar-refractivity contribution in [1.29, 1.82) is 0 Å². The van der Waals surface area contributed by atoms with Crippen LogP contribution in [-0.2, 0) is 0 Å². The lowest BCUT2D eigenvalue weighted by atomic mass is 9.41. The highest BCUT2D eigenvalue weighted by Crippen LogP contribution is 2.72. The number of alkyl halides is 3. The van der Waals surface area contributed by atoms with Gasteiger partial charge in [0.2, 0.25) is 0 Å². The third kappa shape index (κ3) is 3.92. The predicted molar refractivity (Wildman–Crippen MR) is 126 cm³/mol. The van der Waals surface area contributed by atoms with Gasteiger partial charge in [-0.2, -0.15) is 13.2 Å². The second kappa shape index (κ2) is 7.72. The van der Waals surface area contributed by atoms with E-state index in [-0.39, 0.29) is 28.6 Å². The quantitative estimate of drug-likeness (QED) is 0.419. The number of hydrogen-bond acceptors (Lipinski definition) is 2. The zero-order valence-electron chi connectivity index (χ0n) is 21.5. The number of allylic oxidation sites excluding steroid dienone is 1. The molecule has 4 aliphatic carbocycles. The summed E-state index contributed by atoms with van der Waals surface area (Å²) in [6.07, 6.45) is 6.36. The lowest BCUT2D eigenvalue weighted by molar-refractivity contribution is -0.256. The van der Waals surface area contributed by atoms with Gasteiger partial charge in [-0.05, 0) is 118 Å². The van der Waals surface area contributed by atoms with Crippen molar-refractivity contribution in [2.24, 2.45) is 39.9 Å². The van der Waals surface area contributed by atoms with E-state index in [0.29, 0.717) is 24.2 Å². The molecule has 0 saturated heterocycles. The average molecular weight is 471 g/mol. The molecule has 0 aliphatic heterocycles. The van der Waals surface area contributed by atoms with Crippen LogP contribution in [0.15, 0.2) is 11.6 Å². The molecule has 0 bridgehead atoms. The summed E-state index contributed by atoms with van der Waals surface area (Å²) in [4.78, 5) is 0. The molecule has 5 heteroatoms. The monoisotopic (exact) mass is 470 g/mol. The summed E-state index contributed by atoms with van der Waals surface area (Å²) in [6, 6.07) is 0. The topological polar surface area (TPSA) is 40.5 Å². The Balaban J connectivity index is 1.54. The van der Waals surface area contributed by atoms with E-state index in [1.165, 1.54) is 12.0 Å². The van der Waals surface area contributed by atoms with Gasteiger partial charge in [0.15, 0.2) is 5.60 Å². The van der Waals surface area contributed by atoms with E-state index >= 15 is 0 Å². The Hall–Kier alpha value is -0.550. The number of hydrogen-bond donors (Lipinski definition) is 2. The van der Waals surface area contributed by atoms with Crippen LogP contribution in [0.3, 0.4) is 0 Å². The number of halogens is 3. The zero-order valence-corrected chi connectivity index (χ0v) is 21.5. The molecule has 0 radical (unpaired) electrons. The molecule has 190 valence electrons. The predicted octanol–water partition coefficient (Wildman–Crippen LogP) is 7.44. The van der Waals surface area contributed by atoms with E-state index < -0.39 is 17.4 Å². The zero-order chi connectivity index (χ0) is 24.7. The molecule has 9 atom stereocenters. The molecule has 3 fully saturated rings. The SMILES string of the molecule is C[C@H](CC[C@](C)(O)C(F)(F)F)[C@H]1CC[C@@H]2[C@]1(C)CC[C@H]1[C@@]2(C)CC=C2C[C@@](C)(O)CC[C@@]21C. The second-order valence-corrected chi connectivity index (χ2v) is 13.7. The van der Waals surface area contributed by atoms with Crippen molar-refractivity contribution < 1.29 is 23.4 Å². The average Bonchev–Trinajstić information content (AvgIpc) is 3.04. The van der Waals surface area contributed by atoms with Gasteiger partial charge in [-0.25, -0.2) is 0 Å². The van der Waals surface area contributed by atoms with Crippen molar-refractivity contribution in [2.75, 3.05) is 0 Å². The fourth-order valence-electron chi connectivity index (χ4n) is 9.29. The summed E-state index contributed by atoms with van der Waals surface area (Å²) in [5.41, 5.74) is -1.22. The van der Waals surface area contributed by atoms with Crippen molar-refractivity contribution in [1.82, 2.24) is 0 Å². The van der Waals surface area contributed by atoms with E-state index in [1.54, 1.807) is 0 Å². The molecule has 0 heterocycles. The molecule has 0 aromatic heterocycles. The third-order valence-corrected chi connectivity index (χ3v) is 11.4. The van der Waals surface area contributed by atoms with Crippen LogP contribution < -0.4 is 0 Å². The van der Waals surface area contributed by atoms with Gasteiger partial charge < -0.3 is 10.2 Å². The van der Waals surface area contributed by atoms with Gasteiger partial charge in [0.05, 0.1) is 5.60 Å². The summed E-state index contributed by atoms with van der Waals surface area (Å²) < 4.78 is 39.6. The minimum Gasteiger partial charge on any atom is -0.390 e. The van der Waals surface area contributed by atoms with Crippen LogP contribution in [0.1, 0.15) is 106 Å². The maximum Gasteiger partial charge on any atom is 0.416 e. The van der Waals surface area contributed by atoms with Crippen LogP contribution in [0.25, 0.3) is 0 Å². The molecule has 2 N–H and O–H groups in total. The fourth-order valence-corrected chi connectivity index (χ4v) is 9.29. The molecule has 4 rings (SSSR count). The summed E-state index contributed by atoms with van der Waals surface area (Å²) in [6.45, 7) is 12.3. The Labute approximate surface area is 198 Å². The molecule has 2 nitrogen and oxygen atoms in total. The highest BCUT2D eigenvalue weighted by molar-refractivity contribution is 5.29. The van der Waals surface area contributed by atoms with Crippen molar-refractivity contribution in [3.8, 4) is 0 Å². The summed E-state index contributed by atoms with van der Waals surface area (Å²) in [5, 5.41) is 20.7. The number of rotatable bonds is 4. The van der Waals surface area contributed by atoms with Crippen LogP contribution >= 0.6 is 0 Å². The molecule has 3 saturated carbocycles. The fraction of sp³-hybridized carbons (Fsp3) is 0.929. The Morgan fingerprint density at radius 1 is 1.00 bits per heavy atom. The van der Waals surface area contributed by atoms with E-state index in [2.05, 4.69) is 33.8 Å². The molecule has 0 spiro atoms. The molecular weight excluding hydrogens is 425 g/mol. The molecule has 4 aliphatic rings. The highest BCUT2D eigenvalue weighted by Gasteiger charge is 2.64. The van der Waals surface area contributed by atoms with Crippen LogP contribution in [0.2, 0.25) is 0 Å².